The van der Waals surface area contributed by atoms with Crippen molar-refractivity contribution in [1.82, 2.24) is 9.97 Å². The highest BCUT2D eigenvalue weighted by Gasteiger charge is 1.96. The SMILES string of the molecule is CCNc1cncc(NCCCCCCO)n1. The van der Waals surface area contributed by atoms with Gasteiger partial charge in [-0.1, -0.05) is 12.8 Å². The maximum atomic E-state index is 8.64. The van der Waals surface area contributed by atoms with Crippen LogP contribution in [0.15, 0.2) is 12.4 Å². The van der Waals surface area contributed by atoms with Crippen LogP contribution >= 0.6 is 0 Å². The second-order valence-electron chi connectivity index (χ2n) is 3.88. The fraction of sp³-hybridized carbons (Fsp3) is 0.667. The van der Waals surface area contributed by atoms with Gasteiger partial charge in [0.15, 0.2) is 0 Å². The molecule has 0 aliphatic carbocycles. The summed E-state index contributed by atoms with van der Waals surface area (Å²) in [6.45, 7) is 4.07. The number of rotatable bonds is 9. The molecule has 96 valence electrons. The summed E-state index contributed by atoms with van der Waals surface area (Å²) in [5.74, 6) is 1.61. The lowest BCUT2D eigenvalue weighted by molar-refractivity contribution is 0.283. The summed E-state index contributed by atoms with van der Waals surface area (Å²) in [7, 11) is 0. The Morgan fingerprint density at radius 3 is 2.47 bits per heavy atom. The monoisotopic (exact) mass is 238 g/mol. The van der Waals surface area contributed by atoms with E-state index in [1.165, 1.54) is 0 Å². The minimum absolute atomic E-state index is 0.295. The molecule has 1 aromatic heterocycles. The van der Waals surface area contributed by atoms with Crippen LogP contribution < -0.4 is 10.6 Å². The summed E-state index contributed by atoms with van der Waals surface area (Å²) < 4.78 is 0. The van der Waals surface area contributed by atoms with Gasteiger partial charge >= 0.3 is 0 Å². The van der Waals surface area contributed by atoms with Gasteiger partial charge in [-0.05, 0) is 19.8 Å². The summed E-state index contributed by atoms with van der Waals surface area (Å²) in [4.78, 5) is 8.48. The molecule has 0 radical (unpaired) electrons. The molecule has 5 heteroatoms. The van der Waals surface area contributed by atoms with E-state index in [0.29, 0.717) is 6.61 Å². The van der Waals surface area contributed by atoms with Gasteiger partial charge in [0.1, 0.15) is 11.6 Å². The molecule has 0 fully saturated rings. The van der Waals surface area contributed by atoms with Gasteiger partial charge in [-0.2, -0.15) is 0 Å². The summed E-state index contributed by atoms with van der Waals surface area (Å²) in [5, 5.41) is 15.0. The van der Waals surface area contributed by atoms with E-state index in [-0.39, 0.29) is 0 Å². The molecule has 1 aromatic rings. The predicted octanol–water partition coefficient (Wildman–Crippen LogP) is 1.87. The molecule has 5 nitrogen and oxygen atoms in total. The third-order valence-corrected chi connectivity index (χ3v) is 2.38. The van der Waals surface area contributed by atoms with Crippen LogP contribution in [-0.4, -0.2) is 34.8 Å². The standard InChI is InChI=1S/C12H22N4O/c1-2-14-11-9-13-10-12(16-11)15-7-5-3-4-6-8-17/h9-10,17H,2-8H2,1H3,(H2,14,15,16). The van der Waals surface area contributed by atoms with Crippen LogP contribution in [0.4, 0.5) is 11.6 Å². The highest BCUT2D eigenvalue weighted by molar-refractivity contribution is 5.41. The average molecular weight is 238 g/mol. The van der Waals surface area contributed by atoms with E-state index in [1.807, 2.05) is 6.92 Å². The molecule has 0 saturated carbocycles. The molecule has 0 atom stereocenters. The third-order valence-electron chi connectivity index (χ3n) is 2.38. The Kier molecular flexibility index (Phi) is 7.06. The Hall–Kier alpha value is -1.36. The second-order valence-corrected chi connectivity index (χ2v) is 3.88. The van der Waals surface area contributed by atoms with E-state index in [9.17, 15) is 0 Å². The van der Waals surface area contributed by atoms with E-state index in [2.05, 4.69) is 20.6 Å². The van der Waals surface area contributed by atoms with Crippen LogP contribution in [-0.2, 0) is 0 Å². The molecule has 0 spiro atoms. The molecule has 17 heavy (non-hydrogen) atoms. The molecular weight excluding hydrogens is 216 g/mol. The molecule has 0 aliphatic heterocycles. The van der Waals surface area contributed by atoms with Crippen LogP contribution in [0, 0.1) is 0 Å². The first kappa shape index (κ1) is 13.7. The van der Waals surface area contributed by atoms with E-state index in [1.54, 1.807) is 12.4 Å². The zero-order valence-corrected chi connectivity index (χ0v) is 10.4. The van der Waals surface area contributed by atoms with Crippen molar-refractivity contribution in [2.75, 3.05) is 30.3 Å². The Balaban J connectivity index is 2.19. The molecule has 1 rings (SSSR count). The van der Waals surface area contributed by atoms with Crippen molar-refractivity contribution in [3.63, 3.8) is 0 Å². The molecule has 0 aromatic carbocycles. The van der Waals surface area contributed by atoms with E-state index >= 15 is 0 Å². The maximum absolute atomic E-state index is 8.64. The number of nitrogens with one attached hydrogen (secondary N) is 2. The van der Waals surface area contributed by atoms with Gasteiger partial charge < -0.3 is 15.7 Å². The first-order chi connectivity index (χ1) is 8.36. The van der Waals surface area contributed by atoms with Crippen molar-refractivity contribution in [2.45, 2.75) is 32.6 Å². The highest BCUT2D eigenvalue weighted by atomic mass is 16.2. The Morgan fingerprint density at radius 1 is 1.06 bits per heavy atom. The van der Waals surface area contributed by atoms with Crippen molar-refractivity contribution >= 4 is 11.6 Å². The lowest BCUT2D eigenvalue weighted by Crippen LogP contribution is -2.06. The topological polar surface area (TPSA) is 70.1 Å². The van der Waals surface area contributed by atoms with E-state index in [4.69, 9.17) is 5.11 Å². The van der Waals surface area contributed by atoms with E-state index < -0.39 is 0 Å². The number of unbranched alkanes of at least 4 members (excludes halogenated alkanes) is 3. The van der Waals surface area contributed by atoms with Crippen molar-refractivity contribution in [3.8, 4) is 0 Å². The Morgan fingerprint density at radius 2 is 1.76 bits per heavy atom. The van der Waals surface area contributed by atoms with Crippen molar-refractivity contribution in [3.05, 3.63) is 12.4 Å². The minimum Gasteiger partial charge on any atom is -0.396 e. The van der Waals surface area contributed by atoms with Gasteiger partial charge in [-0.15, -0.1) is 0 Å². The molecule has 0 unspecified atom stereocenters. The van der Waals surface area contributed by atoms with Crippen LogP contribution in [0.2, 0.25) is 0 Å². The fourth-order valence-corrected chi connectivity index (χ4v) is 1.52. The zero-order valence-electron chi connectivity index (χ0n) is 10.4. The van der Waals surface area contributed by atoms with Crippen molar-refractivity contribution < 1.29 is 5.11 Å². The van der Waals surface area contributed by atoms with E-state index in [0.717, 1.165) is 50.4 Å². The fourth-order valence-electron chi connectivity index (χ4n) is 1.52. The van der Waals surface area contributed by atoms with Gasteiger partial charge in [0.25, 0.3) is 0 Å². The summed E-state index contributed by atoms with van der Waals surface area (Å²) in [6.07, 6.45) is 7.66. The number of nitrogens with zero attached hydrogens (tertiary/aromatic N) is 2. The van der Waals surface area contributed by atoms with Crippen LogP contribution in [0.3, 0.4) is 0 Å². The van der Waals surface area contributed by atoms with Gasteiger partial charge in [-0.25, -0.2) is 4.98 Å². The molecule has 0 aliphatic rings. The van der Waals surface area contributed by atoms with Crippen LogP contribution in [0.25, 0.3) is 0 Å². The molecule has 3 N–H and O–H groups in total. The molecule has 1 heterocycles. The Bertz CT molecular complexity index is 306. The van der Waals surface area contributed by atoms with Crippen LogP contribution in [0.5, 0.6) is 0 Å². The predicted molar refractivity (Wildman–Crippen MR) is 70.2 cm³/mol. The van der Waals surface area contributed by atoms with Crippen molar-refractivity contribution in [2.24, 2.45) is 0 Å². The van der Waals surface area contributed by atoms with Gasteiger partial charge in [0, 0.05) is 19.7 Å². The third kappa shape index (κ3) is 6.06. The number of aliphatic hydroxyl groups is 1. The Labute approximate surface area is 103 Å². The summed E-state index contributed by atoms with van der Waals surface area (Å²) in [6, 6.07) is 0. The largest absolute Gasteiger partial charge is 0.396 e. The van der Waals surface area contributed by atoms with Crippen molar-refractivity contribution in [1.29, 1.82) is 0 Å². The highest BCUT2D eigenvalue weighted by Crippen LogP contribution is 2.07. The number of hydrogen-bond donors (Lipinski definition) is 3. The first-order valence-corrected chi connectivity index (χ1v) is 6.27. The lowest BCUT2D eigenvalue weighted by Gasteiger charge is -2.07. The average Bonchev–Trinajstić information content (AvgIpc) is 2.35. The summed E-state index contributed by atoms with van der Waals surface area (Å²) >= 11 is 0. The number of anilines is 2. The quantitative estimate of drug-likeness (QED) is 0.573. The molecule has 0 amide bonds. The van der Waals surface area contributed by atoms with Gasteiger partial charge in [0.2, 0.25) is 0 Å². The normalized spacial score (nSPS) is 10.2. The minimum atomic E-state index is 0.295. The number of aliphatic hydroxyl groups excluding tert-OH is 1. The lowest BCUT2D eigenvalue weighted by atomic mass is 10.2. The van der Waals surface area contributed by atoms with Gasteiger partial charge in [-0.3, -0.25) is 4.98 Å². The zero-order chi connectivity index (χ0) is 12.3. The molecule has 0 saturated heterocycles. The first-order valence-electron chi connectivity index (χ1n) is 6.27. The molecule has 0 bridgehead atoms. The number of aromatic nitrogens is 2. The maximum Gasteiger partial charge on any atom is 0.146 e. The smallest absolute Gasteiger partial charge is 0.146 e. The molecular formula is C12H22N4O. The second kappa shape index (κ2) is 8.75. The number of hydrogen-bond acceptors (Lipinski definition) is 5. The summed E-state index contributed by atoms with van der Waals surface area (Å²) in [5.41, 5.74) is 0. The van der Waals surface area contributed by atoms with Gasteiger partial charge in [0.05, 0.1) is 12.4 Å². The van der Waals surface area contributed by atoms with Crippen LogP contribution in [0.1, 0.15) is 32.6 Å².